The van der Waals surface area contributed by atoms with E-state index in [2.05, 4.69) is 31.8 Å². The average molecular weight is 454 g/mol. The number of fused-ring (bicyclic) bond motifs is 2. The molecule has 158 valence electrons. The van der Waals surface area contributed by atoms with Crippen molar-refractivity contribution in [2.45, 2.75) is 52.2 Å². The maximum atomic E-state index is 13.0. The molecule has 4 aromatic rings. The van der Waals surface area contributed by atoms with Gasteiger partial charge in [0.1, 0.15) is 11.8 Å². The first-order chi connectivity index (χ1) is 14.5. The minimum absolute atomic E-state index is 0. The molecule has 0 spiro atoms. The first kappa shape index (κ1) is 23.5. The molecule has 0 saturated carbocycles. The van der Waals surface area contributed by atoms with E-state index >= 15 is 0 Å². The molecule has 11 nitrogen and oxygen atoms in total. The normalized spacial score (nSPS) is 11.3. The second-order valence-electron chi connectivity index (χ2n) is 6.99. The summed E-state index contributed by atoms with van der Waals surface area (Å²) in [6, 6.07) is 0. The third kappa shape index (κ3) is 4.54. The second-order valence-corrected chi connectivity index (χ2v) is 7.32. The van der Waals surface area contributed by atoms with E-state index in [0.29, 0.717) is 36.5 Å². The van der Waals surface area contributed by atoms with Crippen molar-refractivity contribution in [1.82, 2.24) is 38.6 Å². The Hall–Kier alpha value is -2.21. The van der Waals surface area contributed by atoms with Crippen LogP contribution >= 0.6 is 11.6 Å². The van der Waals surface area contributed by atoms with Crippen LogP contribution in [0.1, 0.15) is 32.6 Å². The van der Waals surface area contributed by atoms with E-state index in [4.69, 9.17) is 17.3 Å². The molecule has 0 saturated heterocycles. The largest absolute Gasteiger partial charge is 1.00 e. The van der Waals surface area contributed by atoms with Crippen molar-refractivity contribution in [3.8, 4) is 0 Å². The maximum absolute atomic E-state index is 13.0. The molecule has 0 aliphatic rings. The zero-order valence-corrected chi connectivity index (χ0v) is 20.2. The van der Waals surface area contributed by atoms with Gasteiger partial charge in [-0.05, 0) is 12.8 Å². The van der Waals surface area contributed by atoms with Gasteiger partial charge in [0, 0.05) is 36.1 Å². The molecule has 0 unspecified atom stereocenters. The van der Waals surface area contributed by atoms with Crippen LogP contribution in [-0.4, -0.2) is 33.6 Å². The van der Waals surface area contributed by atoms with Crippen LogP contribution in [-0.2, 0) is 19.6 Å². The van der Waals surface area contributed by atoms with Crippen LogP contribution in [0.3, 0.4) is 0 Å². The van der Waals surface area contributed by atoms with Crippen molar-refractivity contribution < 1.29 is 29.6 Å². The predicted octanol–water partition coefficient (Wildman–Crippen LogP) is -1.82. The smallest absolute Gasteiger partial charge is 0.420 e. The Morgan fingerprint density at radius 1 is 1.03 bits per heavy atom. The van der Waals surface area contributed by atoms with Crippen LogP contribution in [0, 0.1) is 0 Å². The van der Waals surface area contributed by atoms with E-state index in [1.807, 2.05) is 4.57 Å². The number of hydrogen-bond donors (Lipinski definition) is 1. The average Bonchev–Trinajstić information content (AvgIpc) is 3.32. The molecule has 0 atom stereocenters. The summed E-state index contributed by atoms with van der Waals surface area (Å²) in [5, 5.41) is -0.0364. The number of rotatable bonds is 8. The minimum atomic E-state index is -0.483. The molecular weight excluding hydrogens is 433 g/mol. The van der Waals surface area contributed by atoms with Crippen molar-refractivity contribution in [1.29, 1.82) is 0 Å². The summed E-state index contributed by atoms with van der Waals surface area (Å²) >= 11 is 5.91. The number of imidazole rings is 2. The topological polar surface area (TPSA) is 141 Å². The van der Waals surface area contributed by atoms with Crippen LogP contribution in [0.15, 0.2) is 22.2 Å². The maximum Gasteiger partial charge on any atom is 1.00 e. The number of unbranched alkanes of at least 4 members (excludes halogenated alkanes) is 2. The van der Waals surface area contributed by atoms with Crippen LogP contribution in [0.25, 0.3) is 22.3 Å². The van der Waals surface area contributed by atoms with Gasteiger partial charge in [-0.15, -0.1) is 0 Å². The first-order valence-electron chi connectivity index (χ1n) is 9.76. The molecule has 2 N–H and O–H groups in total. The fraction of sp³-hybridized carbons (Fsp3) is 0.444. The standard InChI is InChI=1S/C18H22ClN9O2.Na/c1-2-3-4-7-27-15-12(24-17(19)25-15)16(29)28(18(27)30)8-5-6-26-10-23-11-13(20)21-9-22-14(11)26;/h9-10H,2-8H2,1H3,(H3,20,21,22,24,25,29);/q;+1/p-1. The summed E-state index contributed by atoms with van der Waals surface area (Å²) in [6.45, 7) is 3.25. The molecule has 4 rings (SSSR count). The Labute approximate surface area is 204 Å². The number of anilines is 1. The van der Waals surface area contributed by atoms with Gasteiger partial charge in [-0.25, -0.2) is 19.7 Å². The Morgan fingerprint density at radius 2 is 1.81 bits per heavy atom. The van der Waals surface area contributed by atoms with Crippen LogP contribution in [0.4, 0.5) is 5.82 Å². The summed E-state index contributed by atoms with van der Waals surface area (Å²) < 4.78 is 4.50. The van der Waals surface area contributed by atoms with Crippen LogP contribution in [0.5, 0.6) is 0 Å². The fourth-order valence-corrected chi connectivity index (χ4v) is 3.64. The molecule has 0 aliphatic heterocycles. The van der Waals surface area contributed by atoms with Gasteiger partial charge in [-0.2, -0.15) is 0 Å². The Morgan fingerprint density at radius 3 is 2.58 bits per heavy atom. The van der Waals surface area contributed by atoms with Crippen molar-refractivity contribution >= 4 is 39.7 Å². The number of halogens is 1. The molecule has 0 amide bonds. The van der Waals surface area contributed by atoms with Gasteiger partial charge in [0.05, 0.1) is 6.33 Å². The molecule has 31 heavy (non-hydrogen) atoms. The van der Waals surface area contributed by atoms with E-state index in [0.717, 1.165) is 19.3 Å². The summed E-state index contributed by atoms with van der Waals surface area (Å²) in [4.78, 5) is 46.3. The second kappa shape index (κ2) is 9.94. The van der Waals surface area contributed by atoms with Crippen molar-refractivity contribution in [2.24, 2.45) is 0 Å². The van der Waals surface area contributed by atoms with Gasteiger partial charge in [-0.1, -0.05) is 31.4 Å². The van der Waals surface area contributed by atoms with Crippen LogP contribution < -0.4 is 51.5 Å². The number of nitrogen functional groups attached to an aromatic ring is 1. The first-order valence-corrected chi connectivity index (χ1v) is 10.1. The van der Waals surface area contributed by atoms with E-state index in [1.54, 1.807) is 6.33 Å². The molecule has 0 radical (unpaired) electrons. The zero-order valence-electron chi connectivity index (χ0n) is 17.5. The zero-order chi connectivity index (χ0) is 21.3. The van der Waals surface area contributed by atoms with Crippen molar-refractivity contribution in [3.05, 3.63) is 38.8 Å². The number of nitrogens with zero attached hydrogens (tertiary/aromatic N) is 8. The molecule has 4 aromatic heterocycles. The molecule has 0 fully saturated rings. The molecule has 4 heterocycles. The Balaban J connectivity index is 0.00000272. The molecule has 0 bridgehead atoms. The van der Waals surface area contributed by atoms with Gasteiger partial charge in [0.15, 0.2) is 11.5 Å². The molecular formula is C18H21ClN9NaO2. The number of hydrogen-bond acceptors (Lipinski definition) is 7. The molecule has 0 aliphatic carbocycles. The number of aromatic nitrogens is 8. The summed E-state index contributed by atoms with van der Waals surface area (Å²) in [7, 11) is 0. The van der Waals surface area contributed by atoms with Gasteiger partial charge in [-0.3, -0.25) is 13.9 Å². The molecule has 13 heteroatoms. The van der Waals surface area contributed by atoms with E-state index in [1.165, 1.54) is 15.5 Å². The fourth-order valence-electron chi connectivity index (χ4n) is 3.47. The third-order valence-corrected chi connectivity index (χ3v) is 5.14. The predicted molar refractivity (Wildman–Crippen MR) is 112 cm³/mol. The van der Waals surface area contributed by atoms with Crippen molar-refractivity contribution in [3.63, 3.8) is 0 Å². The van der Waals surface area contributed by atoms with Gasteiger partial charge in [0.2, 0.25) is 0 Å². The van der Waals surface area contributed by atoms with E-state index in [9.17, 15) is 9.59 Å². The van der Waals surface area contributed by atoms with Crippen molar-refractivity contribution in [2.75, 3.05) is 5.73 Å². The Bertz CT molecular complexity index is 1320. The third-order valence-electron chi connectivity index (χ3n) is 4.97. The van der Waals surface area contributed by atoms with Gasteiger partial charge < -0.3 is 20.3 Å². The number of nitrogens with two attached hydrogens (primary N) is 1. The SMILES string of the molecule is CCCCCn1c(=O)n(CCCn2cnc3c(N)ncnc32)c(=O)c2[n-]c(Cl)nc21.[Na+]. The van der Waals surface area contributed by atoms with Gasteiger partial charge in [0.25, 0.3) is 5.56 Å². The van der Waals surface area contributed by atoms with E-state index in [-0.39, 0.29) is 52.5 Å². The summed E-state index contributed by atoms with van der Waals surface area (Å²) in [6.07, 6.45) is 6.28. The van der Waals surface area contributed by atoms with Gasteiger partial charge >= 0.3 is 35.2 Å². The quantitative estimate of drug-likeness (QED) is 0.187. The number of aryl methyl sites for hydroxylation is 2. The van der Waals surface area contributed by atoms with Crippen LogP contribution in [0.2, 0.25) is 5.28 Å². The van der Waals surface area contributed by atoms with E-state index < -0.39 is 11.2 Å². The monoisotopic (exact) mass is 453 g/mol. The minimum Gasteiger partial charge on any atom is -0.420 e. The summed E-state index contributed by atoms with van der Waals surface area (Å²) in [5.41, 5.74) is 6.42. The summed E-state index contributed by atoms with van der Waals surface area (Å²) in [5.74, 6) is 0.307. The molecule has 0 aromatic carbocycles. The Kier molecular flexibility index (Phi) is 7.52.